The van der Waals surface area contributed by atoms with Crippen LogP contribution < -0.4 is 5.32 Å². The zero-order chi connectivity index (χ0) is 16.2. The summed E-state index contributed by atoms with van der Waals surface area (Å²) in [6, 6.07) is 1.17. The van der Waals surface area contributed by atoms with E-state index in [9.17, 15) is 5.11 Å². The van der Waals surface area contributed by atoms with Gasteiger partial charge in [-0.05, 0) is 39.3 Å². The highest BCUT2D eigenvalue weighted by molar-refractivity contribution is 5.04. The van der Waals surface area contributed by atoms with Gasteiger partial charge in [0.2, 0.25) is 0 Å². The lowest BCUT2D eigenvalue weighted by Crippen LogP contribution is -2.63. The van der Waals surface area contributed by atoms with Crippen LogP contribution >= 0.6 is 0 Å². The summed E-state index contributed by atoms with van der Waals surface area (Å²) in [4.78, 5) is 2.34. The Morgan fingerprint density at radius 3 is 2.55 bits per heavy atom. The number of aliphatic hydroxyl groups is 1. The monoisotopic (exact) mass is 314 g/mol. The Morgan fingerprint density at radius 2 is 2.00 bits per heavy atom. The van der Waals surface area contributed by atoms with E-state index in [1.165, 1.54) is 0 Å². The van der Waals surface area contributed by atoms with E-state index in [0.29, 0.717) is 24.8 Å². The number of β-amino-alcohol motifs (C(OH)–C–C–N with tert-alkyl or cyclic N) is 1. The Hall–Kier alpha value is -0.200. The van der Waals surface area contributed by atoms with Crippen molar-refractivity contribution in [2.75, 3.05) is 40.0 Å². The Bertz CT molecular complexity index is 330. The molecule has 22 heavy (non-hydrogen) atoms. The lowest BCUT2D eigenvalue weighted by atomic mass is 9.64. The van der Waals surface area contributed by atoms with Crippen molar-refractivity contribution in [1.29, 1.82) is 0 Å². The summed E-state index contributed by atoms with van der Waals surface area (Å²) >= 11 is 0. The Labute approximate surface area is 135 Å². The van der Waals surface area contributed by atoms with Gasteiger partial charge in [0.1, 0.15) is 0 Å². The second kappa shape index (κ2) is 8.06. The molecule has 0 aromatic rings. The van der Waals surface area contributed by atoms with Crippen LogP contribution in [0.3, 0.4) is 0 Å². The van der Waals surface area contributed by atoms with E-state index in [1.807, 2.05) is 0 Å². The number of nitrogens with zero attached hydrogens (tertiary/aromatic N) is 1. The van der Waals surface area contributed by atoms with E-state index in [0.717, 1.165) is 45.5 Å². The molecule has 0 aromatic heterocycles. The molecule has 0 radical (unpaired) electrons. The van der Waals surface area contributed by atoms with Gasteiger partial charge in [0.15, 0.2) is 0 Å². The molecule has 1 aliphatic heterocycles. The average molecular weight is 314 g/mol. The van der Waals surface area contributed by atoms with Gasteiger partial charge in [-0.1, -0.05) is 13.8 Å². The maximum atomic E-state index is 9.81. The number of rotatable bonds is 8. The minimum Gasteiger partial charge on any atom is -0.389 e. The Kier molecular flexibility index (Phi) is 6.65. The third-order valence-electron chi connectivity index (χ3n) is 5.40. The topological polar surface area (TPSA) is 54.0 Å². The van der Waals surface area contributed by atoms with Gasteiger partial charge in [-0.25, -0.2) is 0 Å². The molecule has 1 saturated heterocycles. The maximum Gasteiger partial charge on any atom is 0.0900 e. The number of methoxy groups -OCH3 is 1. The van der Waals surface area contributed by atoms with Crippen molar-refractivity contribution >= 4 is 0 Å². The highest BCUT2D eigenvalue weighted by atomic mass is 16.5. The molecule has 2 fully saturated rings. The summed E-state index contributed by atoms with van der Waals surface area (Å²) < 4.78 is 10.8. The maximum absolute atomic E-state index is 9.81. The Morgan fingerprint density at radius 1 is 1.32 bits per heavy atom. The normalized spacial score (nSPS) is 31.0. The van der Waals surface area contributed by atoms with E-state index in [-0.39, 0.29) is 11.5 Å². The number of hydrogen-bond acceptors (Lipinski definition) is 5. The molecule has 0 aromatic carbocycles. The summed E-state index contributed by atoms with van der Waals surface area (Å²) in [5.41, 5.74) is 0.238. The van der Waals surface area contributed by atoms with Gasteiger partial charge in [0.05, 0.1) is 18.8 Å². The fraction of sp³-hybridized carbons (Fsp3) is 1.00. The van der Waals surface area contributed by atoms with Crippen LogP contribution in [0.25, 0.3) is 0 Å². The summed E-state index contributed by atoms with van der Waals surface area (Å²) in [6.07, 6.45) is 3.48. The first-order valence-corrected chi connectivity index (χ1v) is 8.74. The van der Waals surface area contributed by atoms with E-state index in [1.54, 1.807) is 7.11 Å². The van der Waals surface area contributed by atoms with E-state index in [4.69, 9.17) is 9.47 Å². The SMILES string of the molecule is CCOC1CC(NC2CCN(CC(O)COC)CC2)C1(C)C. The summed E-state index contributed by atoms with van der Waals surface area (Å²) in [5.74, 6) is 0. The molecule has 3 atom stereocenters. The van der Waals surface area contributed by atoms with E-state index in [2.05, 4.69) is 31.0 Å². The van der Waals surface area contributed by atoms with Crippen LogP contribution in [0.2, 0.25) is 0 Å². The van der Waals surface area contributed by atoms with E-state index < -0.39 is 0 Å². The number of hydrogen-bond donors (Lipinski definition) is 2. The van der Waals surface area contributed by atoms with Crippen LogP contribution in [0.15, 0.2) is 0 Å². The first-order chi connectivity index (χ1) is 10.5. The second-order valence-electron chi connectivity index (χ2n) is 7.40. The molecule has 130 valence electrons. The zero-order valence-corrected chi connectivity index (χ0v) is 14.7. The number of nitrogens with one attached hydrogen (secondary N) is 1. The van der Waals surface area contributed by atoms with Crippen LogP contribution in [0.4, 0.5) is 0 Å². The molecular formula is C17H34N2O3. The molecular weight excluding hydrogens is 280 g/mol. The summed E-state index contributed by atoms with van der Waals surface area (Å²) in [6.45, 7) is 10.8. The molecule has 1 heterocycles. The van der Waals surface area contributed by atoms with Crippen molar-refractivity contribution in [2.45, 2.75) is 64.3 Å². The van der Waals surface area contributed by atoms with Crippen molar-refractivity contribution in [2.24, 2.45) is 5.41 Å². The minimum atomic E-state index is -0.368. The highest BCUT2D eigenvalue weighted by Crippen LogP contribution is 2.43. The molecule has 0 bridgehead atoms. The number of aliphatic hydroxyl groups excluding tert-OH is 1. The lowest BCUT2D eigenvalue weighted by Gasteiger charge is -2.53. The van der Waals surface area contributed by atoms with E-state index >= 15 is 0 Å². The third-order valence-corrected chi connectivity index (χ3v) is 5.40. The quantitative estimate of drug-likeness (QED) is 0.706. The van der Waals surface area contributed by atoms with Gasteiger partial charge in [-0.15, -0.1) is 0 Å². The highest BCUT2D eigenvalue weighted by Gasteiger charge is 2.49. The van der Waals surface area contributed by atoms with Crippen LogP contribution in [0.1, 0.15) is 40.0 Å². The second-order valence-corrected chi connectivity index (χ2v) is 7.40. The molecule has 0 spiro atoms. The van der Waals surface area contributed by atoms with Crippen molar-refractivity contribution in [1.82, 2.24) is 10.2 Å². The van der Waals surface area contributed by atoms with Crippen molar-refractivity contribution < 1.29 is 14.6 Å². The molecule has 0 amide bonds. The Balaban J connectivity index is 1.68. The van der Waals surface area contributed by atoms with Gasteiger partial charge in [0.25, 0.3) is 0 Å². The first kappa shape index (κ1) is 18.1. The third kappa shape index (κ3) is 4.42. The standard InChI is InChI=1S/C17H34N2O3/c1-5-22-16-10-15(17(16,2)3)18-13-6-8-19(9-7-13)11-14(20)12-21-4/h13-16,18,20H,5-12H2,1-4H3. The van der Waals surface area contributed by atoms with Crippen molar-refractivity contribution in [3.8, 4) is 0 Å². The minimum absolute atomic E-state index is 0.238. The molecule has 2 rings (SSSR count). The summed E-state index contributed by atoms with van der Waals surface area (Å²) in [5, 5.41) is 13.7. The molecule has 5 heteroatoms. The smallest absolute Gasteiger partial charge is 0.0900 e. The molecule has 1 saturated carbocycles. The van der Waals surface area contributed by atoms with Gasteiger partial charge in [-0.3, -0.25) is 0 Å². The fourth-order valence-corrected chi connectivity index (χ4v) is 3.76. The van der Waals surface area contributed by atoms with Gasteiger partial charge in [0, 0.05) is 37.8 Å². The molecule has 5 nitrogen and oxygen atoms in total. The van der Waals surface area contributed by atoms with Crippen LogP contribution in [0.5, 0.6) is 0 Å². The lowest BCUT2D eigenvalue weighted by molar-refractivity contribution is -0.117. The van der Waals surface area contributed by atoms with Crippen molar-refractivity contribution in [3.63, 3.8) is 0 Å². The average Bonchev–Trinajstić information content (AvgIpc) is 2.48. The molecule has 3 unspecified atom stereocenters. The van der Waals surface area contributed by atoms with Crippen LogP contribution in [-0.2, 0) is 9.47 Å². The fourth-order valence-electron chi connectivity index (χ4n) is 3.76. The predicted molar refractivity (Wildman–Crippen MR) is 88.1 cm³/mol. The van der Waals surface area contributed by atoms with Gasteiger partial charge >= 0.3 is 0 Å². The number of ether oxygens (including phenoxy) is 2. The number of piperidine rings is 1. The van der Waals surface area contributed by atoms with Gasteiger partial charge < -0.3 is 24.8 Å². The van der Waals surface area contributed by atoms with Crippen LogP contribution in [0, 0.1) is 5.41 Å². The van der Waals surface area contributed by atoms with Crippen molar-refractivity contribution in [3.05, 3.63) is 0 Å². The number of likely N-dealkylation sites (tertiary alicyclic amines) is 1. The van der Waals surface area contributed by atoms with Gasteiger partial charge in [-0.2, -0.15) is 0 Å². The molecule has 2 aliphatic rings. The summed E-state index contributed by atoms with van der Waals surface area (Å²) in [7, 11) is 1.63. The van der Waals surface area contributed by atoms with Crippen LogP contribution in [-0.4, -0.2) is 74.3 Å². The largest absolute Gasteiger partial charge is 0.389 e. The first-order valence-electron chi connectivity index (χ1n) is 8.74. The molecule has 1 aliphatic carbocycles. The predicted octanol–water partition coefficient (Wildman–Crippen LogP) is 1.25. The molecule has 2 N–H and O–H groups in total. The zero-order valence-electron chi connectivity index (χ0n) is 14.7.